The van der Waals surface area contributed by atoms with E-state index in [0.29, 0.717) is 23.8 Å². The lowest BCUT2D eigenvalue weighted by Crippen LogP contribution is -2.44. The molecule has 1 amide bonds. The molecule has 1 atom stereocenters. The number of hydrogen-bond donors (Lipinski definition) is 1. The first kappa shape index (κ1) is 16.6. The lowest BCUT2D eigenvalue weighted by atomic mass is 9.99. The molecule has 0 spiro atoms. The number of amides is 1. The Bertz CT molecular complexity index is 916. The van der Waals surface area contributed by atoms with Crippen LogP contribution in [0.5, 0.6) is 0 Å². The summed E-state index contributed by atoms with van der Waals surface area (Å²) < 4.78 is 0. The van der Waals surface area contributed by atoms with Gasteiger partial charge in [-0.15, -0.1) is 0 Å². The fraction of sp³-hybridized carbons (Fsp3) is 0.200. The van der Waals surface area contributed by atoms with E-state index in [-0.39, 0.29) is 5.91 Å². The average Bonchev–Trinajstić information content (AvgIpc) is 3.12. The minimum Gasteiger partial charge on any atom is -0.344 e. The Kier molecular flexibility index (Phi) is 4.37. The van der Waals surface area contributed by atoms with Gasteiger partial charge in [0.05, 0.1) is 24.8 Å². The Hall–Kier alpha value is -2.81. The van der Waals surface area contributed by atoms with Crippen LogP contribution in [-0.4, -0.2) is 28.9 Å². The summed E-state index contributed by atoms with van der Waals surface area (Å²) in [7, 11) is 0. The normalized spacial score (nSPS) is 19.2. The summed E-state index contributed by atoms with van der Waals surface area (Å²) in [4.78, 5) is 17.1. The second-order valence-corrected chi connectivity index (χ2v) is 6.84. The van der Waals surface area contributed by atoms with Crippen molar-refractivity contribution in [1.82, 2.24) is 15.1 Å². The van der Waals surface area contributed by atoms with Crippen molar-refractivity contribution in [2.45, 2.75) is 12.6 Å². The van der Waals surface area contributed by atoms with Gasteiger partial charge in [-0.1, -0.05) is 35.9 Å². The Morgan fingerprint density at radius 1 is 1.23 bits per heavy atom. The van der Waals surface area contributed by atoms with Crippen molar-refractivity contribution in [3.63, 3.8) is 0 Å². The standard InChI is InChI=1S/C20H17ClN4O/c21-17-6-4-14(5-7-17)11-24-12-18-10-23-13-25(18)19(20(24)26)16-3-1-2-15(8-16)9-22/h1-8,12,19,23H,10-11,13H2. The highest BCUT2D eigenvalue weighted by Gasteiger charge is 2.38. The predicted molar refractivity (Wildman–Crippen MR) is 98.7 cm³/mol. The van der Waals surface area contributed by atoms with Crippen molar-refractivity contribution >= 4 is 17.5 Å². The quantitative estimate of drug-likeness (QED) is 0.909. The molecule has 0 aliphatic carbocycles. The van der Waals surface area contributed by atoms with Crippen LogP contribution >= 0.6 is 11.6 Å². The van der Waals surface area contributed by atoms with Crippen LogP contribution in [-0.2, 0) is 11.3 Å². The maximum atomic E-state index is 13.2. The maximum Gasteiger partial charge on any atom is 0.254 e. The summed E-state index contributed by atoms with van der Waals surface area (Å²) in [6, 6.07) is 16.5. The van der Waals surface area contributed by atoms with E-state index in [9.17, 15) is 10.1 Å². The average molecular weight is 365 g/mol. The van der Waals surface area contributed by atoms with Gasteiger partial charge in [0.2, 0.25) is 0 Å². The van der Waals surface area contributed by atoms with Crippen molar-refractivity contribution in [2.75, 3.05) is 13.2 Å². The molecule has 26 heavy (non-hydrogen) atoms. The highest BCUT2D eigenvalue weighted by molar-refractivity contribution is 6.30. The topological polar surface area (TPSA) is 59.4 Å². The number of carbonyl (C=O) groups excluding carboxylic acids is 1. The van der Waals surface area contributed by atoms with Crippen molar-refractivity contribution < 1.29 is 4.79 Å². The number of halogens is 1. The highest BCUT2D eigenvalue weighted by Crippen LogP contribution is 2.33. The van der Waals surface area contributed by atoms with Crippen molar-refractivity contribution in [2.24, 2.45) is 0 Å². The molecular weight excluding hydrogens is 348 g/mol. The number of benzene rings is 2. The number of nitrogens with zero attached hydrogens (tertiary/aromatic N) is 3. The predicted octanol–water partition coefficient (Wildman–Crippen LogP) is 3.00. The fourth-order valence-electron chi connectivity index (χ4n) is 3.43. The first-order valence-electron chi connectivity index (χ1n) is 8.39. The van der Waals surface area contributed by atoms with Gasteiger partial charge in [0.1, 0.15) is 6.04 Å². The van der Waals surface area contributed by atoms with E-state index in [1.165, 1.54) is 0 Å². The van der Waals surface area contributed by atoms with Gasteiger partial charge in [-0.2, -0.15) is 5.26 Å². The summed E-state index contributed by atoms with van der Waals surface area (Å²) in [5, 5.41) is 13.2. The second kappa shape index (κ2) is 6.83. The van der Waals surface area contributed by atoms with E-state index in [0.717, 1.165) is 23.4 Å². The maximum absolute atomic E-state index is 13.2. The molecule has 0 bridgehead atoms. The molecule has 0 aromatic heterocycles. The molecule has 2 aliphatic heterocycles. The molecule has 130 valence electrons. The zero-order chi connectivity index (χ0) is 18.1. The lowest BCUT2D eigenvalue weighted by Gasteiger charge is -2.37. The van der Waals surface area contributed by atoms with Crippen LogP contribution in [0.15, 0.2) is 60.4 Å². The van der Waals surface area contributed by atoms with E-state index in [1.54, 1.807) is 17.0 Å². The second-order valence-electron chi connectivity index (χ2n) is 6.41. The largest absolute Gasteiger partial charge is 0.344 e. The summed E-state index contributed by atoms with van der Waals surface area (Å²) in [6.07, 6.45) is 1.92. The zero-order valence-corrected chi connectivity index (χ0v) is 14.8. The first-order chi connectivity index (χ1) is 12.7. The van der Waals surface area contributed by atoms with Crippen LogP contribution < -0.4 is 5.32 Å². The molecule has 2 aromatic carbocycles. The Morgan fingerprint density at radius 2 is 2.04 bits per heavy atom. The summed E-state index contributed by atoms with van der Waals surface area (Å²) in [5.41, 5.74) is 3.49. The van der Waals surface area contributed by atoms with Gasteiger partial charge in [-0.25, -0.2) is 0 Å². The monoisotopic (exact) mass is 364 g/mol. The van der Waals surface area contributed by atoms with Crippen LogP contribution in [0.4, 0.5) is 0 Å². The van der Waals surface area contributed by atoms with Gasteiger partial charge in [0.15, 0.2) is 0 Å². The van der Waals surface area contributed by atoms with E-state index in [1.807, 2.05) is 42.6 Å². The third kappa shape index (κ3) is 3.05. The molecule has 1 fully saturated rings. The van der Waals surface area contributed by atoms with E-state index < -0.39 is 6.04 Å². The van der Waals surface area contributed by atoms with Crippen molar-refractivity contribution in [1.29, 1.82) is 5.26 Å². The molecule has 1 saturated heterocycles. The molecule has 0 saturated carbocycles. The van der Waals surface area contributed by atoms with E-state index >= 15 is 0 Å². The van der Waals surface area contributed by atoms with Crippen LogP contribution in [0.25, 0.3) is 0 Å². The van der Waals surface area contributed by atoms with Crippen LogP contribution in [0.2, 0.25) is 5.02 Å². The van der Waals surface area contributed by atoms with Gasteiger partial charge in [0.25, 0.3) is 5.91 Å². The van der Waals surface area contributed by atoms with Crippen molar-refractivity contribution in [3.05, 3.63) is 82.1 Å². The molecule has 1 unspecified atom stereocenters. The van der Waals surface area contributed by atoms with E-state index in [4.69, 9.17) is 11.6 Å². The molecule has 1 N–H and O–H groups in total. The molecule has 0 radical (unpaired) electrons. The molecule has 4 rings (SSSR count). The molecule has 2 aliphatic rings. The number of nitrogens with one attached hydrogen (secondary N) is 1. The minimum absolute atomic E-state index is 0.00231. The van der Waals surface area contributed by atoms with Gasteiger partial charge in [-0.05, 0) is 35.4 Å². The van der Waals surface area contributed by atoms with Gasteiger partial charge >= 0.3 is 0 Å². The molecule has 2 aromatic rings. The molecule has 2 heterocycles. The number of carbonyl (C=O) groups is 1. The number of hydrogen-bond acceptors (Lipinski definition) is 4. The lowest BCUT2D eigenvalue weighted by molar-refractivity contribution is -0.135. The summed E-state index contributed by atoms with van der Waals surface area (Å²) >= 11 is 5.95. The number of fused-ring (bicyclic) bond motifs is 1. The highest BCUT2D eigenvalue weighted by atomic mass is 35.5. The van der Waals surface area contributed by atoms with Crippen molar-refractivity contribution in [3.8, 4) is 6.07 Å². The summed E-state index contributed by atoms with van der Waals surface area (Å²) in [5.74, 6) is 0.00231. The minimum atomic E-state index is -0.425. The number of rotatable bonds is 3. The zero-order valence-electron chi connectivity index (χ0n) is 14.0. The Labute approximate surface area is 157 Å². The SMILES string of the molecule is N#Cc1cccc(C2C(=O)N(Cc3ccc(Cl)cc3)C=C3CNCN32)c1. The van der Waals surface area contributed by atoms with Gasteiger partial charge < -0.3 is 9.80 Å². The Morgan fingerprint density at radius 3 is 2.81 bits per heavy atom. The van der Waals surface area contributed by atoms with E-state index in [2.05, 4.69) is 16.3 Å². The van der Waals surface area contributed by atoms with Crippen LogP contribution in [0.3, 0.4) is 0 Å². The smallest absolute Gasteiger partial charge is 0.254 e. The molecule has 6 heteroatoms. The first-order valence-corrected chi connectivity index (χ1v) is 8.76. The third-order valence-electron chi connectivity index (χ3n) is 4.69. The van der Waals surface area contributed by atoms with Gasteiger partial charge in [-0.3, -0.25) is 10.1 Å². The number of nitriles is 1. The Balaban J connectivity index is 1.68. The van der Waals surface area contributed by atoms with Crippen LogP contribution in [0.1, 0.15) is 22.7 Å². The third-order valence-corrected chi connectivity index (χ3v) is 4.94. The van der Waals surface area contributed by atoms with Crippen LogP contribution in [0, 0.1) is 11.3 Å². The molecular formula is C20H17ClN4O. The fourth-order valence-corrected chi connectivity index (χ4v) is 3.56. The van der Waals surface area contributed by atoms with Gasteiger partial charge in [0, 0.05) is 23.5 Å². The molecule has 5 nitrogen and oxygen atoms in total. The summed E-state index contributed by atoms with van der Waals surface area (Å²) in [6.45, 7) is 1.83.